The maximum Gasteiger partial charge on any atom is 0.323 e. The number of benzene rings is 3. The van der Waals surface area contributed by atoms with Gasteiger partial charge in [-0.25, -0.2) is 18.6 Å². The van der Waals surface area contributed by atoms with Crippen LogP contribution >= 0.6 is 0 Å². The lowest BCUT2D eigenvalue weighted by molar-refractivity contribution is 0.103. The molecule has 35 heavy (non-hydrogen) atoms. The fourth-order valence-electron chi connectivity index (χ4n) is 3.64. The molecule has 7 nitrogen and oxygen atoms in total. The van der Waals surface area contributed by atoms with E-state index in [0.29, 0.717) is 22.3 Å². The summed E-state index contributed by atoms with van der Waals surface area (Å²) in [4.78, 5) is 37.0. The van der Waals surface area contributed by atoms with Gasteiger partial charge in [0.25, 0.3) is 0 Å². The molecule has 5 rings (SSSR count). The molecule has 2 heterocycles. The Morgan fingerprint density at radius 1 is 0.800 bits per heavy atom. The Balaban J connectivity index is 1.39. The zero-order valence-electron chi connectivity index (χ0n) is 18.0. The number of nitrogens with one attached hydrogen (secondary N) is 3. The van der Waals surface area contributed by atoms with E-state index in [0.717, 1.165) is 23.8 Å². The molecule has 0 saturated carbocycles. The van der Waals surface area contributed by atoms with Crippen LogP contribution < -0.4 is 10.6 Å². The van der Waals surface area contributed by atoms with Crippen molar-refractivity contribution in [1.82, 2.24) is 15.0 Å². The third kappa shape index (κ3) is 4.88. The highest BCUT2D eigenvalue weighted by atomic mass is 19.1. The van der Waals surface area contributed by atoms with Gasteiger partial charge in [-0.05, 0) is 60.7 Å². The number of hydrogen-bond acceptors (Lipinski definition) is 4. The number of aromatic nitrogens is 3. The van der Waals surface area contributed by atoms with E-state index in [1.165, 1.54) is 24.3 Å². The van der Waals surface area contributed by atoms with E-state index >= 15 is 0 Å². The first-order chi connectivity index (χ1) is 16.9. The average Bonchev–Trinajstić information content (AvgIpc) is 3.37. The van der Waals surface area contributed by atoms with Crippen LogP contribution in [0.2, 0.25) is 0 Å². The Labute approximate surface area is 197 Å². The number of amides is 2. The summed E-state index contributed by atoms with van der Waals surface area (Å²) in [7, 11) is 0. The topological polar surface area (TPSA) is 99.8 Å². The lowest BCUT2D eigenvalue weighted by Gasteiger charge is -2.10. The van der Waals surface area contributed by atoms with Crippen LogP contribution in [0.25, 0.3) is 22.3 Å². The molecule has 0 radical (unpaired) electrons. The highest BCUT2D eigenvalue weighted by molar-refractivity contribution is 6.11. The van der Waals surface area contributed by atoms with Gasteiger partial charge in [-0.15, -0.1) is 0 Å². The first kappa shape index (κ1) is 21.9. The third-order valence-electron chi connectivity index (χ3n) is 5.22. The molecule has 0 saturated heterocycles. The van der Waals surface area contributed by atoms with Crippen LogP contribution in [0.5, 0.6) is 0 Å². The molecule has 3 aromatic carbocycles. The smallest absolute Gasteiger partial charge is 0.323 e. The number of ketones is 1. The molecule has 0 unspecified atom stereocenters. The fourth-order valence-corrected chi connectivity index (χ4v) is 3.64. The zero-order valence-corrected chi connectivity index (χ0v) is 18.0. The van der Waals surface area contributed by atoms with E-state index in [9.17, 15) is 18.4 Å². The Morgan fingerprint density at radius 3 is 2.43 bits per heavy atom. The maximum absolute atomic E-state index is 14.3. The molecule has 0 aliphatic rings. The minimum absolute atomic E-state index is 0.0561. The van der Waals surface area contributed by atoms with Gasteiger partial charge < -0.3 is 15.6 Å². The number of nitrogens with zero attached hydrogens (tertiary/aromatic N) is 2. The molecule has 2 aromatic heterocycles. The number of urea groups is 1. The van der Waals surface area contributed by atoms with Gasteiger partial charge in [0.1, 0.15) is 17.5 Å². The van der Waals surface area contributed by atoms with Crippen LogP contribution in [0.4, 0.5) is 25.0 Å². The zero-order chi connectivity index (χ0) is 24.4. The predicted molar refractivity (Wildman–Crippen MR) is 128 cm³/mol. The lowest BCUT2D eigenvalue weighted by Crippen LogP contribution is -2.20. The maximum atomic E-state index is 14.3. The summed E-state index contributed by atoms with van der Waals surface area (Å²) in [6.07, 6.45) is 5.02. The predicted octanol–water partition coefficient (Wildman–Crippen LogP) is 5.78. The summed E-state index contributed by atoms with van der Waals surface area (Å²) in [6.45, 7) is 0. The average molecular weight is 469 g/mol. The number of carbonyl (C=O) groups excluding carboxylic acids is 2. The van der Waals surface area contributed by atoms with Gasteiger partial charge in [0, 0.05) is 52.0 Å². The Bertz CT molecular complexity index is 1570. The van der Waals surface area contributed by atoms with E-state index in [4.69, 9.17) is 0 Å². The molecule has 9 heteroatoms. The number of hydrogen-bond donors (Lipinski definition) is 3. The van der Waals surface area contributed by atoms with Crippen LogP contribution in [0.15, 0.2) is 85.3 Å². The third-order valence-corrected chi connectivity index (χ3v) is 5.22. The standard InChI is InChI=1S/C26H17F2N5O2/c27-19-2-1-3-21(12-19)32-26(35)33-22-11-17(10-20(28)13-22)24(34)15-4-5-23-16(8-15)9-18(14-31-23)25-29-6-7-30-25/h1-14H,(H,29,30)(H2,32,33,35). The Morgan fingerprint density at radius 2 is 1.63 bits per heavy atom. The molecule has 0 atom stereocenters. The molecule has 0 spiro atoms. The second-order valence-corrected chi connectivity index (χ2v) is 7.72. The van der Waals surface area contributed by atoms with E-state index in [1.807, 2.05) is 6.07 Å². The monoisotopic (exact) mass is 469 g/mol. The number of carbonyl (C=O) groups is 2. The molecule has 172 valence electrons. The SMILES string of the molecule is O=C(Nc1cccc(F)c1)Nc1cc(F)cc(C(=O)c2ccc3ncc(-c4ncc[nH]4)cc3c2)c1. The van der Waals surface area contributed by atoms with E-state index in [1.54, 1.807) is 36.8 Å². The quantitative estimate of drug-likeness (QED) is 0.284. The summed E-state index contributed by atoms with van der Waals surface area (Å²) in [5, 5.41) is 5.64. The van der Waals surface area contributed by atoms with Gasteiger partial charge in [-0.3, -0.25) is 9.78 Å². The van der Waals surface area contributed by atoms with Crippen LogP contribution in [0, 0.1) is 11.6 Å². The van der Waals surface area contributed by atoms with Crippen LogP contribution in [-0.4, -0.2) is 26.8 Å². The van der Waals surface area contributed by atoms with Crippen molar-refractivity contribution < 1.29 is 18.4 Å². The molecule has 0 bridgehead atoms. The van der Waals surface area contributed by atoms with Gasteiger partial charge in [0.15, 0.2) is 5.78 Å². The number of pyridine rings is 1. The fraction of sp³-hybridized carbons (Fsp3) is 0. The van der Waals surface area contributed by atoms with Gasteiger partial charge in [-0.2, -0.15) is 0 Å². The minimum atomic E-state index is -0.707. The van der Waals surface area contributed by atoms with Crippen molar-refractivity contribution in [2.75, 3.05) is 10.6 Å². The molecule has 0 fully saturated rings. The highest BCUT2D eigenvalue weighted by Crippen LogP contribution is 2.23. The first-order valence-corrected chi connectivity index (χ1v) is 10.5. The number of anilines is 2. The van der Waals surface area contributed by atoms with Gasteiger partial charge in [0.2, 0.25) is 0 Å². The van der Waals surface area contributed by atoms with Crippen molar-refractivity contribution in [3.8, 4) is 11.4 Å². The van der Waals surface area contributed by atoms with Crippen molar-refractivity contribution in [3.63, 3.8) is 0 Å². The minimum Gasteiger partial charge on any atom is -0.345 e. The summed E-state index contributed by atoms with van der Waals surface area (Å²) in [5.74, 6) is -0.986. The normalized spacial score (nSPS) is 10.8. The molecule has 0 aliphatic heterocycles. The number of H-pyrrole nitrogens is 1. The van der Waals surface area contributed by atoms with E-state index < -0.39 is 23.4 Å². The summed E-state index contributed by atoms with van der Waals surface area (Å²) < 4.78 is 27.6. The van der Waals surface area contributed by atoms with E-state index in [-0.39, 0.29) is 16.9 Å². The van der Waals surface area contributed by atoms with Crippen molar-refractivity contribution in [2.24, 2.45) is 0 Å². The Hall–Kier alpha value is -4.92. The number of imidazole rings is 1. The number of rotatable bonds is 5. The van der Waals surface area contributed by atoms with Crippen molar-refractivity contribution >= 4 is 34.1 Å². The van der Waals surface area contributed by atoms with Crippen molar-refractivity contribution in [2.45, 2.75) is 0 Å². The second-order valence-electron chi connectivity index (χ2n) is 7.72. The molecule has 2 amide bonds. The van der Waals surface area contributed by atoms with Crippen molar-refractivity contribution in [3.05, 3.63) is 108 Å². The molecular weight excluding hydrogens is 452 g/mol. The van der Waals surface area contributed by atoms with Gasteiger partial charge in [0.05, 0.1) is 5.52 Å². The van der Waals surface area contributed by atoms with Crippen LogP contribution in [0.3, 0.4) is 0 Å². The highest BCUT2D eigenvalue weighted by Gasteiger charge is 2.14. The summed E-state index contributed by atoms with van der Waals surface area (Å²) in [5.41, 5.74) is 2.14. The lowest BCUT2D eigenvalue weighted by atomic mass is 10.0. The number of halogens is 2. The molecule has 5 aromatic rings. The second kappa shape index (κ2) is 9.14. The van der Waals surface area contributed by atoms with Crippen LogP contribution in [0.1, 0.15) is 15.9 Å². The molecular formula is C26H17F2N5O2. The number of fused-ring (bicyclic) bond motifs is 1. The molecule has 0 aliphatic carbocycles. The molecule has 3 N–H and O–H groups in total. The summed E-state index contributed by atoms with van der Waals surface area (Å²) in [6, 6.07) is 15.0. The number of aromatic amines is 1. The first-order valence-electron chi connectivity index (χ1n) is 10.5. The van der Waals surface area contributed by atoms with Gasteiger partial charge >= 0.3 is 6.03 Å². The largest absolute Gasteiger partial charge is 0.345 e. The summed E-state index contributed by atoms with van der Waals surface area (Å²) >= 11 is 0. The van der Waals surface area contributed by atoms with Gasteiger partial charge in [-0.1, -0.05) is 6.07 Å². The van der Waals surface area contributed by atoms with E-state index in [2.05, 4.69) is 25.6 Å². The van der Waals surface area contributed by atoms with Crippen LogP contribution in [-0.2, 0) is 0 Å². The van der Waals surface area contributed by atoms with Crippen molar-refractivity contribution in [1.29, 1.82) is 0 Å². The Kier molecular flexibility index (Phi) is 5.72.